The van der Waals surface area contributed by atoms with E-state index >= 15 is 0 Å². The number of aliphatic carboxylic acids is 1. The summed E-state index contributed by atoms with van der Waals surface area (Å²) >= 11 is 0. The first-order valence-electron chi connectivity index (χ1n) is 9.01. The van der Waals surface area contributed by atoms with Crippen LogP contribution in [0.2, 0.25) is 0 Å². The van der Waals surface area contributed by atoms with Gasteiger partial charge in [-0.15, -0.1) is 0 Å². The minimum atomic E-state index is -0.965. The number of quaternary nitrogens is 1. The Morgan fingerprint density at radius 1 is 0.920 bits per heavy atom. The van der Waals surface area contributed by atoms with Crippen LogP contribution in [0.25, 0.3) is 0 Å². The Balaban J connectivity index is 3.89. The first kappa shape index (κ1) is 23.4. The van der Waals surface area contributed by atoms with Crippen molar-refractivity contribution in [3.63, 3.8) is 0 Å². The summed E-state index contributed by atoms with van der Waals surface area (Å²) in [5.74, 6) is -1.47. The third-order valence-electron chi connectivity index (χ3n) is 3.52. The Labute approximate surface area is 150 Å². The van der Waals surface area contributed by atoms with Gasteiger partial charge in [0.2, 0.25) is 0 Å². The zero-order chi connectivity index (χ0) is 19.3. The van der Waals surface area contributed by atoms with Crippen LogP contribution >= 0.6 is 0 Å². The molecule has 0 fully saturated rings. The second-order valence-corrected chi connectivity index (χ2v) is 7.26. The Kier molecular flexibility index (Phi) is 11.9. The van der Waals surface area contributed by atoms with Gasteiger partial charge in [-0.05, 0) is 19.8 Å². The van der Waals surface area contributed by atoms with Gasteiger partial charge < -0.3 is 19.1 Å². The van der Waals surface area contributed by atoms with E-state index in [9.17, 15) is 14.4 Å². The Morgan fingerprint density at radius 2 is 1.44 bits per heavy atom. The number of carbonyl (C=O) groups is 3. The van der Waals surface area contributed by atoms with Crippen molar-refractivity contribution in [2.75, 3.05) is 34.3 Å². The molecule has 0 aliphatic carbocycles. The fourth-order valence-electron chi connectivity index (χ4n) is 2.50. The van der Waals surface area contributed by atoms with Gasteiger partial charge in [-0.1, -0.05) is 19.3 Å². The second kappa shape index (κ2) is 12.7. The molecular weight excluding hydrogens is 326 g/mol. The maximum Gasteiger partial charge on any atom is 0.307 e. The first-order valence-corrected chi connectivity index (χ1v) is 9.01. The Morgan fingerprint density at radius 3 is 1.92 bits per heavy atom. The van der Waals surface area contributed by atoms with E-state index in [4.69, 9.17) is 14.6 Å². The number of esters is 2. The summed E-state index contributed by atoms with van der Waals surface area (Å²) in [5, 5.41) is 8.93. The SMILES string of the molecule is CCOC(=O)CCCCCCCC(=O)OC(CC(=O)O)C[N+](C)(C)C. The van der Waals surface area contributed by atoms with Crippen molar-refractivity contribution in [3.05, 3.63) is 0 Å². The summed E-state index contributed by atoms with van der Waals surface area (Å²) in [5.41, 5.74) is 0. The number of hydrogen-bond donors (Lipinski definition) is 1. The molecule has 0 aliphatic rings. The molecule has 0 aromatic carbocycles. The van der Waals surface area contributed by atoms with Crippen LogP contribution in [0, 0.1) is 0 Å². The zero-order valence-corrected chi connectivity index (χ0v) is 16.1. The molecular formula is C18H34NO6+. The minimum absolute atomic E-state index is 0.159. The molecule has 0 aromatic heterocycles. The number of likely N-dealkylation sites (N-methyl/N-ethyl adjacent to an activating group) is 1. The summed E-state index contributed by atoms with van der Waals surface area (Å²) in [7, 11) is 5.79. The smallest absolute Gasteiger partial charge is 0.307 e. The fourth-order valence-corrected chi connectivity index (χ4v) is 2.50. The van der Waals surface area contributed by atoms with Crippen molar-refractivity contribution in [3.8, 4) is 0 Å². The van der Waals surface area contributed by atoms with Gasteiger partial charge in [0, 0.05) is 12.8 Å². The van der Waals surface area contributed by atoms with E-state index in [1.54, 1.807) is 6.92 Å². The number of unbranched alkanes of at least 4 members (excludes halogenated alkanes) is 4. The van der Waals surface area contributed by atoms with E-state index in [1.807, 2.05) is 21.1 Å². The standard InChI is InChI=1S/C18H33NO6/c1-5-24-17(22)11-9-7-6-8-10-12-18(23)25-15(13-16(20)21)14-19(2,3)4/h15H,5-14H2,1-4H3/p+1. The number of carbonyl (C=O) groups excluding carboxylic acids is 2. The average molecular weight is 360 g/mol. The van der Waals surface area contributed by atoms with E-state index in [-0.39, 0.29) is 18.4 Å². The van der Waals surface area contributed by atoms with Crippen LogP contribution in [-0.2, 0) is 23.9 Å². The van der Waals surface area contributed by atoms with Gasteiger partial charge in [-0.25, -0.2) is 0 Å². The summed E-state index contributed by atoms with van der Waals surface area (Å²) in [4.78, 5) is 34.0. The molecule has 25 heavy (non-hydrogen) atoms. The number of nitrogens with zero attached hydrogens (tertiary/aromatic N) is 1. The highest BCUT2D eigenvalue weighted by Crippen LogP contribution is 2.11. The quantitative estimate of drug-likeness (QED) is 0.291. The second-order valence-electron chi connectivity index (χ2n) is 7.26. The molecule has 0 saturated carbocycles. The number of hydrogen-bond acceptors (Lipinski definition) is 5. The van der Waals surface area contributed by atoms with Crippen molar-refractivity contribution in [2.45, 2.75) is 64.4 Å². The van der Waals surface area contributed by atoms with E-state index in [0.717, 1.165) is 25.7 Å². The predicted molar refractivity (Wildman–Crippen MR) is 94.0 cm³/mol. The van der Waals surface area contributed by atoms with Crippen LogP contribution in [-0.4, -0.2) is 67.9 Å². The van der Waals surface area contributed by atoms with Gasteiger partial charge in [0.25, 0.3) is 0 Å². The van der Waals surface area contributed by atoms with Crippen LogP contribution in [0.4, 0.5) is 0 Å². The lowest BCUT2D eigenvalue weighted by Gasteiger charge is -2.28. The van der Waals surface area contributed by atoms with Crippen molar-refractivity contribution < 1.29 is 33.4 Å². The maximum atomic E-state index is 11.9. The molecule has 7 heteroatoms. The number of ether oxygens (including phenoxy) is 2. The van der Waals surface area contributed by atoms with Gasteiger partial charge in [0.1, 0.15) is 6.54 Å². The molecule has 146 valence electrons. The molecule has 0 spiro atoms. The van der Waals surface area contributed by atoms with Gasteiger partial charge in [-0.3, -0.25) is 14.4 Å². The highest BCUT2D eigenvalue weighted by Gasteiger charge is 2.24. The van der Waals surface area contributed by atoms with E-state index in [2.05, 4.69) is 0 Å². The molecule has 0 heterocycles. The van der Waals surface area contributed by atoms with Gasteiger partial charge in [-0.2, -0.15) is 0 Å². The van der Waals surface area contributed by atoms with Crippen LogP contribution in [0.15, 0.2) is 0 Å². The molecule has 0 rings (SSSR count). The summed E-state index contributed by atoms with van der Waals surface area (Å²) < 4.78 is 10.7. The summed E-state index contributed by atoms with van der Waals surface area (Å²) in [6.45, 7) is 2.67. The van der Waals surface area contributed by atoms with E-state index in [0.29, 0.717) is 36.9 Å². The molecule has 1 N–H and O–H groups in total. The number of carboxylic acids is 1. The van der Waals surface area contributed by atoms with Crippen molar-refractivity contribution in [1.82, 2.24) is 0 Å². The molecule has 7 nitrogen and oxygen atoms in total. The highest BCUT2D eigenvalue weighted by atomic mass is 16.5. The first-order chi connectivity index (χ1) is 11.6. The highest BCUT2D eigenvalue weighted by molar-refractivity contribution is 5.71. The van der Waals surface area contributed by atoms with Gasteiger partial charge in [0.15, 0.2) is 6.10 Å². The summed E-state index contributed by atoms with van der Waals surface area (Å²) in [6, 6.07) is 0. The van der Waals surface area contributed by atoms with Gasteiger partial charge >= 0.3 is 17.9 Å². The largest absolute Gasteiger partial charge is 0.481 e. The summed E-state index contributed by atoms with van der Waals surface area (Å²) in [6.07, 6.45) is 4.24. The topological polar surface area (TPSA) is 89.9 Å². The molecule has 0 saturated heterocycles. The maximum absolute atomic E-state index is 11.9. The van der Waals surface area contributed by atoms with Crippen LogP contribution in [0.3, 0.4) is 0 Å². The molecule has 1 atom stereocenters. The molecule has 0 radical (unpaired) electrons. The van der Waals surface area contributed by atoms with Crippen LogP contribution in [0.5, 0.6) is 0 Å². The lowest BCUT2D eigenvalue weighted by Crippen LogP contribution is -2.43. The molecule has 0 aliphatic heterocycles. The molecule has 0 bridgehead atoms. The van der Waals surface area contributed by atoms with Crippen molar-refractivity contribution in [2.24, 2.45) is 0 Å². The Bertz CT molecular complexity index is 416. The number of rotatable bonds is 14. The predicted octanol–water partition coefficient (Wildman–Crippen LogP) is 2.37. The normalized spacial score (nSPS) is 12.5. The van der Waals surface area contributed by atoms with Crippen molar-refractivity contribution in [1.29, 1.82) is 0 Å². The van der Waals surface area contributed by atoms with Crippen LogP contribution in [0.1, 0.15) is 58.3 Å². The van der Waals surface area contributed by atoms with Gasteiger partial charge in [0.05, 0.1) is 34.2 Å². The zero-order valence-electron chi connectivity index (χ0n) is 16.1. The minimum Gasteiger partial charge on any atom is -0.481 e. The van der Waals surface area contributed by atoms with Crippen LogP contribution < -0.4 is 0 Å². The Hall–Kier alpha value is -1.63. The van der Waals surface area contributed by atoms with Crippen molar-refractivity contribution >= 4 is 17.9 Å². The average Bonchev–Trinajstić information content (AvgIpc) is 2.43. The molecule has 0 amide bonds. The molecule has 1 unspecified atom stereocenters. The van der Waals surface area contributed by atoms with E-state index in [1.165, 1.54) is 0 Å². The third-order valence-corrected chi connectivity index (χ3v) is 3.52. The van der Waals surface area contributed by atoms with E-state index < -0.39 is 12.1 Å². The monoisotopic (exact) mass is 360 g/mol. The molecule has 0 aromatic rings. The lowest BCUT2D eigenvalue weighted by molar-refractivity contribution is -0.873. The lowest BCUT2D eigenvalue weighted by atomic mass is 10.1. The third kappa shape index (κ3) is 15.6. The fraction of sp³-hybridized carbons (Fsp3) is 0.833. The number of carboxylic acid groups (broad SMARTS) is 1.